The van der Waals surface area contributed by atoms with Crippen LogP contribution < -0.4 is 0 Å². The molecule has 0 spiro atoms. The van der Waals surface area contributed by atoms with Crippen molar-refractivity contribution in [2.24, 2.45) is 11.8 Å². The standard InChI is InChI=1S/4C4H9.2C3H7.O.2Sn/c2*1-4(2)3;2*1-3-4-2;2*1-3-2;;;/h2*4H,1H2,2-3H3;2*1,3-4H2,2H3;2*1,3H2,2H3;;;. The molecule has 0 heterocycles. The van der Waals surface area contributed by atoms with Crippen LogP contribution in [0.4, 0.5) is 0 Å². The Hall–Kier alpha value is 1.56. The van der Waals surface area contributed by atoms with Gasteiger partial charge in [-0.05, 0) is 0 Å². The fraction of sp³-hybridized carbons (Fsp3) is 1.00. The summed E-state index contributed by atoms with van der Waals surface area (Å²) >= 11 is -4.96. The van der Waals surface area contributed by atoms with Gasteiger partial charge in [-0.25, -0.2) is 0 Å². The molecule has 2 unspecified atom stereocenters. The van der Waals surface area contributed by atoms with Gasteiger partial charge in [0.1, 0.15) is 0 Å². The van der Waals surface area contributed by atoms with Crippen molar-refractivity contribution in [2.45, 2.75) is 121 Å². The van der Waals surface area contributed by atoms with Gasteiger partial charge in [0.05, 0.1) is 0 Å². The van der Waals surface area contributed by atoms with E-state index in [-0.39, 0.29) is 0 Å². The van der Waals surface area contributed by atoms with Crippen LogP contribution in [0.1, 0.15) is 93.9 Å². The molecule has 0 saturated heterocycles. The van der Waals surface area contributed by atoms with E-state index in [1.807, 2.05) is 0 Å². The summed E-state index contributed by atoms with van der Waals surface area (Å²) in [6.07, 6.45) is 8.25. The SMILES string of the molecule is CCC[CH2][Sn]([CH2]CC)([CH2]C(C)C)[O][Sn]([CH2]CC)([CH2]CCC)[CH2]C(C)C. The van der Waals surface area contributed by atoms with Crippen molar-refractivity contribution in [3.8, 4) is 0 Å². The number of unbranched alkanes of at least 4 members (excludes halogenated alkanes) is 2. The van der Waals surface area contributed by atoms with E-state index in [9.17, 15) is 0 Å². The molecule has 0 aromatic heterocycles. The van der Waals surface area contributed by atoms with Crippen LogP contribution in [0, 0.1) is 11.8 Å². The Morgan fingerprint density at radius 2 is 0.920 bits per heavy atom. The first-order chi connectivity index (χ1) is 11.8. The van der Waals surface area contributed by atoms with Crippen molar-refractivity contribution < 1.29 is 1.41 Å². The average Bonchev–Trinajstić information content (AvgIpc) is 2.50. The molecule has 0 aliphatic rings. The van der Waals surface area contributed by atoms with E-state index in [1.54, 1.807) is 0 Å². The van der Waals surface area contributed by atoms with Crippen molar-refractivity contribution in [3.63, 3.8) is 0 Å². The Bertz CT molecular complexity index is 289. The Labute approximate surface area is 170 Å². The van der Waals surface area contributed by atoms with Gasteiger partial charge in [0.25, 0.3) is 0 Å². The summed E-state index contributed by atoms with van der Waals surface area (Å²) in [5.41, 5.74) is 0. The Morgan fingerprint density at radius 1 is 0.560 bits per heavy atom. The zero-order valence-electron chi connectivity index (χ0n) is 19.0. The molecule has 0 saturated carbocycles. The molecule has 1 nitrogen and oxygen atoms in total. The van der Waals surface area contributed by atoms with Crippen molar-refractivity contribution in [1.29, 1.82) is 0 Å². The van der Waals surface area contributed by atoms with Crippen molar-refractivity contribution in [1.82, 2.24) is 0 Å². The summed E-state index contributed by atoms with van der Waals surface area (Å²) in [5.74, 6) is 1.66. The second-order valence-corrected chi connectivity index (χ2v) is 35.4. The topological polar surface area (TPSA) is 9.23 Å². The third-order valence-electron chi connectivity index (χ3n) is 5.38. The molecule has 0 aliphatic heterocycles. The second-order valence-electron chi connectivity index (χ2n) is 9.37. The van der Waals surface area contributed by atoms with E-state index in [1.165, 1.54) is 65.1 Å². The van der Waals surface area contributed by atoms with Crippen molar-refractivity contribution in [3.05, 3.63) is 0 Å². The molecule has 0 aromatic rings. The van der Waals surface area contributed by atoms with Gasteiger partial charge in [0, 0.05) is 0 Å². The van der Waals surface area contributed by atoms with Gasteiger partial charge >= 0.3 is 171 Å². The minimum atomic E-state index is -2.48. The van der Waals surface area contributed by atoms with Crippen molar-refractivity contribution >= 4 is 37.6 Å². The van der Waals surface area contributed by atoms with Gasteiger partial charge in [-0.1, -0.05) is 0 Å². The Kier molecular flexibility index (Phi) is 15.4. The third-order valence-corrected chi connectivity index (χ3v) is 48.6. The van der Waals surface area contributed by atoms with Gasteiger partial charge < -0.3 is 0 Å². The van der Waals surface area contributed by atoms with Crippen LogP contribution in [0.3, 0.4) is 0 Å². The Morgan fingerprint density at radius 3 is 1.16 bits per heavy atom. The van der Waals surface area contributed by atoms with Crippen LogP contribution >= 0.6 is 0 Å². The molecule has 0 aliphatic carbocycles. The summed E-state index contributed by atoms with van der Waals surface area (Å²) in [5, 5.41) is 0. The van der Waals surface area contributed by atoms with Gasteiger partial charge in [-0.2, -0.15) is 0 Å². The van der Waals surface area contributed by atoms with Crippen molar-refractivity contribution in [2.75, 3.05) is 0 Å². The van der Waals surface area contributed by atoms with E-state index in [0.29, 0.717) is 0 Å². The average molecular weight is 568 g/mol. The normalized spacial score (nSPS) is 17.0. The first-order valence-electron chi connectivity index (χ1n) is 11.5. The fourth-order valence-corrected chi connectivity index (χ4v) is 60.8. The summed E-state index contributed by atoms with van der Waals surface area (Å²) in [4.78, 5) is 0. The Balaban J connectivity index is 5.68. The number of hydrogen-bond acceptors (Lipinski definition) is 1. The summed E-state index contributed by atoms with van der Waals surface area (Å²) in [6, 6.07) is 0. The zero-order chi connectivity index (χ0) is 19.3. The molecule has 0 rings (SSSR count). The van der Waals surface area contributed by atoms with Gasteiger partial charge in [-0.3, -0.25) is 0 Å². The minimum absolute atomic E-state index is 0.829. The zero-order valence-corrected chi connectivity index (χ0v) is 24.8. The van der Waals surface area contributed by atoms with E-state index in [4.69, 9.17) is 1.41 Å². The molecular formula is C22H50OSn2. The van der Waals surface area contributed by atoms with E-state index >= 15 is 0 Å². The van der Waals surface area contributed by atoms with Crippen LogP contribution in [0.2, 0.25) is 26.6 Å². The second kappa shape index (κ2) is 14.5. The van der Waals surface area contributed by atoms with Crippen LogP contribution in [0.5, 0.6) is 0 Å². The van der Waals surface area contributed by atoms with Gasteiger partial charge in [0.15, 0.2) is 0 Å². The van der Waals surface area contributed by atoms with Crippen LogP contribution in [0.25, 0.3) is 0 Å². The predicted octanol–water partition coefficient (Wildman–Crippen LogP) is 8.63. The van der Waals surface area contributed by atoms with E-state index < -0.39 is 37.6 Å². The number of hydrogen-bond donors (Lipinski definition) is 0. The summed E-state index contributed by atoms with van der Waals surface area (Å²) in [7, 11) is 0. The molecule has 0 fully saturated rings. The van der Waals surface area contributed by atoms with Gasteiger partial charge in [-0.15, -0.1) is 0 Å². The van der Waals surface area contributed by atoms with Crippen LogP contribution in [-0.2, 0) is 1.41 Å². The molecular weight excluding hydrogens is 518 g/mol. The van der Waals surface area contributed by atoms with E-state index in [0.717, 1.165) is 11.8 Å². The first-order valence-corrected chi connectivity index (χ1v) is 25.9. The fourth-order valence-electron chi connectivity index (χ4n) is 4.80. The molecule has 152 valence electrons. The summed E-state index contributed by atoms with van der Waals surface area (Å²) in [6.45, 7) is 19.3. The molecule has 0 N–H and O–H groups in total. The molecule has 0 aromatic carbocycles. The molecule has 3 heteroatoms. The molecule has 25 heavy (non-hydrogen) atoms. The first kappa shape index (κ1) is 26.6. The monoisotopic (exact) mass is 570 g/mol. The molecule has 2 atom stereocenters. The molecule has 0 amide bonds. The molecule has 0 bridgehead atoms. The maximum absolute atomic E-state index is 7.75. The quantitative estimate of drug-likeness (QED) is 0.170. The third kappa shape index (κ3) is 11.2. The van der Waals surface area contributed by atoms with Crippen LogP contribution in [-0.4, -0.2) is 37.6 Å². The predicted molar refractivity (Wildman–Crippen MR) is 122 cm³/mol. The summed E-state index contributed by atoms with van der Waals surface area (Å²) < 4.78 is 16.7. The number of rotatable bonds is 16. The van der Waals surface area contributed by atoms with E-state index in [2.05, 4.69) is 55.4 Å². The van der Waals surface area contributed by atoms with Gasteiger partial charge in [0.2, 0.25) is 0 Å². The molecule has 0 radical (unpaired) electrons. The van der Waals surface area contributed by atoms with Crippen LogP contribution in [0.15, 0.2) is 0 Å². The maximum atomic E-state index is 7.75.